The van der Waals surface area contributed by atoms with E-state index in [4.69, 9.17) is 5.73 Å². The third-order valence-corrected chi connectivity index (χ3v) is 3.55. The van der Waals surface area contributed by atoms with E-state index >= 15 is 0 Å². The van der Waals surface area contributed by atoms with Gasteiger partial charge in [-0.25, -0.2) is 4.39 Å². The fourth-order valence-corrected chi connectivity index (χ4v) is 1.87. The first kappa shape index (κ1) is 14.8. The van der Waals surface area contributed by atoms with Crippen LogP contribution in [-0.4, -0.2) is 19.0 Å². The molecule has 0 atom stereocenters. The molecule has 1 aromatic carbocycles. The van der Waals surface area contributed by atoms with Crippen LogP contribution in [0.1, 0.15) is 28.8 Å². The van der Waals surface area contributed by atoms with Gasteiger partial charge in [-0.05, 0) is 37.6 Å². The maximum absolute atomic E-state index is 13.5. The third-order valence-electron chi connectivity index (χ3n) is 3.55. The molecule has 1 saturated carbocycles. The highest BCUT2D eigenvalue weighted by atomic mass is 19.4. The van der Waals surface area contributed by atoms with Crippen molar-refractivity contribution in [3.63, 3.8) is 0 Å². The van der Waals surface area contributed by atoms with E-state index in [9.17, 15) is 22.4 Å². The predicted octanol–water partition coefficient (Wildman–Crippen LogP) is 2.31. The largest absolute Gasteiger partial charge is 0.416 e. The van der Waals surface area contributed by atoms with Crippen LogP contribution in [0.4, 0.5) is 17.6 Å². The Hall–Kier alpha value is -1.63. The minimum Gasteiger partial charge on any atom is -0.351 e. The Morgan fingerprint density at radius 2 is 2.00 bits per heavy atom. The lowest BCUT2D eigenvalue weighted by molar-refractivity contribution is -0.137. The van der Waals surface area contributed by atoms with Crippen molar-refractivity contribution in [3.8, 4) is 0 Å². The second-order valence-corrected chi connectivity index (χ2v) is 5.08. The Kier molecular flexibility index (Phi) is 3.73. The number of halogens is 4. The van der Waals surface area contributed by atoms with Crippen LogP contribution in [0.2, 0.25) is 0 Å². The number of hydrogen-bond donors (Lipinski definition) is 2. The van der Waals surface area contributed by atoms with Gasteiger partial charge in [-0.2, -0.15) is 13.2 Å². The van der Waals surface area contributed by atoms with Crippen molar-refractivity contribution in [2.75, 3.05) is 13.1 Å². The fourth-order valence-electron chi connectivity index (χ4n) is 1.87. The molecule has 0 bridgehead atoms. The Labute approximate surface area is 113 Å². The second-order valence-electron chi connectivity index (χ2n) is 5.08. The molecule has 1 fully saturated rings. The number of nitrogens with two attached hydrogens (primary N) is 1. The van der Waals surface area contributed by atoms with Gasteiger partial charge in [0.25, 0.3) is 5.91 Å². The summed E-state index contributed by atoms with van der Waals surface area (Å²) in [7, 11) is 0. The number of nitrogens with one attached hydrogen (secondary N) is 1. The van der Waals surface area contributed by atoms with Gasteiger partial charge in [0.05, 0.1) is 11.1 Å². The average molecular weight is 290 g/mol. The molecule has 0 aliphatic heterocycles. The molecular weight excluding hydrogens is 276 g/mol. The van der Waals surface area contributed by atoms with Crippen molar-refractivity contribution >= 4 is 5.91 Å². The molecule has 1 amide bonds. The van der Waals surface area contributed by atoms with Gasteiger partial charge in [-0.1, -0.05) is 0 Å². The average Bonchev–Trinajstić information content (AvgIpc) is 3.16. The van der Waals surface area contributed by atoms with Crippen LogP contribution in [0.25, 0.3) is 0 Å². The van der Waals surface area contributed by atoms with Gasteiger partial charge in [0.2, 0.25) is 0 Å². The normalized spacial score (nSPS) is 16.9. The van der Waals surface area contributed by atoms with Gasteiger partial charge in [0.1, 0.15) is 5.82 Å². The zero-order valence-electron chi connectivity index (χ0n) is 10.6. The highest BCUT2D eigenvalue weighted by molar-refractivity contribution is 5.94. The van der Waals surface area contributed by atoms with Gasteiger partial charge in [0, 0.05) is 12.0 Å². The molecule has 0 aromatic heterocycles. The van der Waals surface area contributed by atoms with Crippen molar-refractivity contribution < 1.29 is 22.4 Å². The van der Waals surface area contributed by atoms with Crippen molar-refractivity contribution in [2.24, 2.45) is 11.1 Å². The molecule has 0 radical (unpaired) electrons. The summed E-state index contributed by atoms with van der Waals surface area (Å²) in [6, 6.07) is 1.77. The van der Waals surface area contributed by atoms with Crippen LogP contribution in [-0.2, 0) is 6.18 Å². The lowest BCUT2D eigenvalue weighted by Crippen LogP contribution is -2.34. The van der Waals surface area contributed by atoms with E-state index in [-0.39, 0.29) is 12.0 Å². The molecular formula is C13H14F4N2O. The standard InChI is InChI=1S/C13H14F4N2O/c14-10-2-1-8(13(15,16)17)5-9(10)11(20)19-7-12(6-18)3-4-12/h1-2,5H,3-4,6-7,18H2,(H,19,20). The predicted molar refractivity (Wildman–Crippen MR) is 64.5 cm³/mol. The lowest BCUT2D eigenvalue weighted by Gasteiger charge is -2.14. The molecule has 2 rings (SSSR count). The van der Waals surface area contributed by atoms with Gasteiger partial charge in [0.15, 0.2) is 0 Å². The van der Waals surface area contributed by atoms with Gasteiger partial charge in [-0.3, -0.25) is 4.79 Å². The smallest absolute Gasteiger partial charge is 0.351 e. The van der Waals surface area contributed by atoms with Gasteiger partial charge in [-0.15, -0.1) is 0 Å². The van der Waals surface area contributed by atoms with Gasteiger partial charge < -0.3 is 11.1 Å². The first-order valence-electron chi connectivity index (χ1n) is 6.12. The van der Waals surface area contributed by atoms with E-state index in [2.05, 4.69) is 5.32 Å². The maximum atomic E-state index is 13.5. The number of carbonyl (C=O) groups is 1. The maximum Gasteiger partial charge on any atom is 0.416 e. The molecule has 7 heteroatoms. The molecule has 1 aromatic rings. The Bertz CT molecular complexity index is 524. The number of rotatable bonds is 4. The van der Waals surface area contributed by atoms with E-state index in [1.54, 1.807) is 0 Å². The minimum absolute atomic E-state index is 0.173. The molecule has 0 heterocycles. The zero-order chi connectivity index (χ0) is 15.0. The monoisotopic (exact) mass is 290 g/mol. The number of alkyl halides is 3. The van der Waals surface area contributed by atoms with E-state index in [1.165, 1.54) is 0 Å². The summed E-state index contributed by atoms with van der Waals surface area (Å²) in [6.45, 7) is 0.635. The molecule has 0 unspecified atom stereocenters. The highest BCUT2D eigenvalue weighted by Crippen LogP contribution is 2.43. The Morgan fingerprint density at radius 1 is 1.35 bits per heavy atom. The van der Waals surface area contributed by atoms with Crippen LogP contribution in [0.3, 0.4) is 0 Å². The SMILES string of the molecule is NCC1(CNC(=O)c2cc(C(F)(F)F)ccc2F)CC1. The first-order valence-corrected chi connectivity index (χ1v) is 6.12. The van der Waals surface area contributed by atoms with E-state index in [0.717, 1.165) is 12.8 Å². The van der Waals surface area contributed by atoms with Crippen LogP contribution in [0.15, 0.2) is 18.2 Å². The van der Waals surface area contributed by atoms with Crippen LogP contribution in [0, 0.1) is 11.2 Å². The summed E-state index contributed by atoms with van der Waals surface area (Å²) in [5.41, 5.74) is 3.70. The summed E-state index contributed by atoms with van der Waals surface area (Å²) in [4.78, 5) is 11.8. The van der Waals surface area contributed by atoms with Crippen LogP contribution >= 0.6 is 0 Å². The third kappa shape index (κ3) is 3.09. The molecule has 0 spiro atoms. The highest BCUT2D eigenvalue weighted by Gasteiger charge is 2.41. The van der Waals surface area contributed by atoms with Crippen molar-refractivity contribution in [1.29, 1.82) is 0 Å². The molecule has 3 nitrogen and oxygen atoms in total. The number of amides is 1. The van der Waals surface area contributed by atoms with Crippen molar-refractivity contribution in [2.45, 2.75) is 19.0 Å². The first-order chi connectivity index (χ1) is 9.27. The summed E-state index contributed by atoms with van der Waals surface area (Å²) in [5.74, 6) is -1.83. The van der Waals surface area contributed by atoms with Crippen LogP contribution in [0.5, 0.6) is 0 Å². The van der Waals surface area contributed by atoms with Crippen molar-refractivity contribution in [3.05, 3.63) is 35.1 Å². The van der Waals surface area contributed by atoms with Gasteiger partial charge >= 0.3 is 6.18 Å². The Balaban J connectivity index is 2.13. The minimum atomic E-state index is -4.61. The summed E-state index contributed by atoms with van der Waals surface area (Å²) < 4.78 is 51.1. The Morgan fingerprint density at radius 3 is 2.50 bits per heavy atom. The number of benzene rings is 1. The molecule has 0 saturated heterocycles. The van der Waals surface area contributed by atoms with E-state index in [0.29, 0.717) is 24.7 Å². The second kappa shape index (κ2) is 5.05. The summed E-state index contributed by atoms with van der Waals surface area (Å²) in [6.07, 6.45) is -2.90. The zero-order valence-corrected chi connectivity index (χ0v) is 10.6. The fraction of sp³-hybridized carbons (Fsp3) is 0.462. The molecule has 1 aliphatic rings. The van der Waals surface area contributed by atoms with Crippen LogP contribution < -0.4 is 11.1 Å². The quantitative estimate of drug-likeness (QED) is 0.836. The topological polar surface area (TPSA) is 55.1 Å². The molecule has 1 aliphatic carbocycles. The number of carbonyl (C=O) groups excluding carboxylic acids is 1. The van der Waals surface area contributed by atoms with E-state index < -0.39 is 29.0 Å². The molecule has 20 heavy (non-hydrogen) atoms. The van der Waals surface area contributed by atoms with Crippen molar-refractivity contribution in [1.82, 2.24) is 5.32 Å². The lowest BCUT2D eigenvalue weighted by atomic mass is 10.1. The molecule has 3 N–H and O–H groups in total. The number of hydrogen-bond acceptors (Lipinski definition) is 2. The summed E-state index contributed by atoms with van der Waals surface area (Å²) in [5, 5.41) is 2.45. The van der Waals surface area contributed by atoms with E-state index in [1.807, 2.05) is 0 Å². The molecule has 110 valence electrons. The summed E-state index contributed by atoms with van der Waals surface area (Å²) >= 11 is 0.